The van der Waals surface area contributed by atoms with Crippen molar-refractivity contribution in [2.24, 2.45) is 40.4 Å². The van der Waals surface area contributed by atoms with Crippen molar-refractivity contribution in [2.75, 3.05) is 33.4 Å². The summed E-state index contributed by atoms with van der Waals surface area (Å²) >= 11 is 0. The van der Waals surface area contributed by atoms with Crippen LogP contribution < -0.4 is 5.32 Å². The molecule has 0 radical (unpaired) electrons. The number of carbonyl (C=O) groups excluding carboxylic acids is 2. The third kappa shape index (κ3) is 5.28. The van der Waals surface area contributed by atoms with Crippen molar-refractivity contribution in [2.45, 2.75) is 133 Å². The van der Waals surface area contributed by atoms with Gasteiger partial charge in [-0.05, 0) is 105 Å². The van der Waals surface area contributed by atoms with Crippen LogP contribution in [0.15, 0.2) is 11.6 Å². The summed E-state index contributed by atoms with van der Waals surface area (Å²) in [6, 6.07) is -0.499. The molecule has 7 rings (SSSR count). The van der Waals surface area contributed by atoms with Gasteiger partial charge in [0, 0.05) is 44.7 Å². The van der Waals surface area contributed by atoms with Gasteiger partial charge in [0.15, 0.2) is 5.78 Å². The largest absolute Gasteiger partial charge is 0.387 e. The van der Waals surface area contributed by atoms with Crippen LogP contribution in [0.4, 0.5) is 0 Å². The molecule has 7 aliphatic rings. The number of aliphatic hydroxyl groups excluding tert-OH is 2. The van der Waals surface area contributed by atoms with Crippen molar-refractivity contribution in [3.63, 3.8) is 0 Å². The highest BCUT2D eigenvalue weighted by Gasteiger charge is 2.70. The Hall–Kier alpha value is -1.44. The lowest BCUT2D eigenvalue weighted by Gasteiger charge is -2.60. The molecule has 0 spiro atoms. The van der Waals surface area contributed by atoms with Crippen LogP contribution in [0.25, 0.3) is 0 Å². The Balaban J connectivity index is 1.08. The Morgan fingerprint density at radius 3 is 2.60 bits per heavy atom. The highest BCUT2D eigenvalue weighted by molar-refractivity contribution is 5.95. The predicted molar refractivity (Wildman–Crippen MR) is 175 cm³/mol. The Kier molecular flexibility index (Phi) is 9.01. The minimum atomic E-state index is -1.62. The first kappa shape index (κ1) is 35.0. The molecule has 5 N–H and O–H groups in total. The van der Waals surface area contributed by atoms with E-state index in [0.717, 1.165) is 44.3 Å². The van der Waals surface area contributed by atoms with Gasteiger partial charge in [-0.1, -0.05) is 20.8 Å². The number of allylic oxidation sites excluding steroid dienone is 1. The monoisotopic (exact) mass is 674 g/mol. The topological polar surface area (TPSA) is 158 Å². The van der Waals surface area contributed by atoms with Crippen molar-refractivity contribution in [1.29, 1.82) is 0 Å². The van der Waals surface area contributed by atoms with Gasteiger partial charge in [-0.3, -0.25) is 14.9 Å². The number of piperidine rings is 1. The third-order valence-corrected chi connectivity index (χ3v) is 14.7. The van der Waals surface area contributed by atoms with Crippen LogP contribution in [0.3, 0.4) is 0 Å². The van der Waals surface area contributed by atoms with Crippen LogP contribution >= 0.6 is 0 Å². The average Bonchev–Trinajstić information content (AvgIpc) is 3.78. The number of nitrogens with one attached hydrogen (secondary N) is 1. The molecule has 270 valence electrons. The van der Waals surface area contributed by atoms with Gasteiger partial charge in [-0.2, -0.15) is 0 Å². The van der Waals surface area contributed by atoms with Crippen LogP contribution in [-0.2, 0) is 23.8 Å². The number of methoxy groups -OCH3 is 1. The summed E-state index contributed by atoms with van der Waals surface area (Å²) in [4.78, 5) is 28.4. The fraction of sp³-hybridized carbons (Fsp3) is 0.892. The highest BCUT2D eigenvalue weighted by Crippen LogP contribution is 2.69. The van der Waals surface area contributed by atoms with E-state index in [-0.39, 0.29) is 46.9 Å². The molecular weight excluding hydrogens is 616 g/mol. The molecule has 0 aromatic heterocycles. The van der Waals surface area contributed by atoms with E-state index in [9.17, 15) is 30.0 Å². The summed E-state index contributed by atoms with van der Waals surface area (Å²) in [6.45, 7) is 10.6. The number of hydrogen-bond donors (Lipinski definition) is 5. The molecule has 0 bridgehead atoms. The molecule has 11 nitrogen and oxygen atoms in total. The zero-order chi connectivity index (χ0) is 34.4. The number of carbonyl (C=O) groups is 2. The van der Waals surface area contributed by atoms with E-state index in [0.29, 0.717) is 45.3 Å². The lowest BCUT2D eigenvalue weighted by atomic mass is 9.46. The molecular formula is C37H58N2O9. The van der Waals surface area contributed by atoms with Gasteiger partial charge in [0.05, 0.1) is 29.5 Å². The van der Waals surface area contributed by atoms with Crippen molar-refractivity contribution < 1.29 is 44.2 Å². The van der Waals surface area contributed by atoms with Crippen LogP contribution in [0.2, 0.25) is 0 Å². The normalized spacial score (nSPS) is 48.5. The zero-order valence-electron chi connectivity index (χ0n) is 29.4. The molecule has 48 heavy (non-hydrogen) atoms. The number of ketones is 1. The highest BCUT2D eigenvalue weighted by atomic mass is 16.5. The number of hydrogen-bond acceptors (Lipinski definition) is 10. The third-order valence-electron chi connectivity index (χ3n) is 14.7. The standard InChI is InChI=1S/C37H58N2O9/c1-20-22-18-26(33(43)39-13-14-39)38-32(42)30(22)48-29(20)31(41)36(4,44)28-9-12-37(45)24-19-27(40)25-17-21(47-16-6-15-46-5)7-10-34(25,2)23(24)8-11-35(28,37)3/h19-23,25-26,28-32,38,41-42,44-45H,6-18H2,1-5H3. The smallest absolute Gasteiger partial charge is 0.239 e. The molecule has 0 aromatic rings. The minimum absolute atomic E-state index is 0.0144. The number of nitrogens with zero attached hydrogens (tertiary/aromatic N) is 1. The van der Waals surface area contributed by atoms with E-state index in [4.69, 9.17) is 14.2 Å². The van der Waals surface area contributed by atoms with Crippen molar-refractivity contribution >= 4 is 11.7 Å². The van der Waals surface area contributed by atoms with E-state index >= 15 is 0 Å². The van der Waals surface area contributed by atoms with Gasteiger partial charge in [0.25, 0.3) is 0 Å². The van der Waals surface area contributed by atoms with Gasteiger partial charge >= 0.3 is 0 Å². The number of aliphatic hydroxyl groups is 4. The Labute approximate surface area is 284 Å². The van der Waals surface area contributed by atoms with Gasteiger partial charge in [-0.25, -0.2) is 0 Å². The quantitative estimate of drug-likeness (QED) is 0.181. The maximum absolute atomic E-state index is 13.9. The minimum Gasteiger partial charge on any atom is -0.387 e. The summed E-state index contributed by atoms with van der Waals surface area (Å²) in [5, 5.41) is 51.0. The molecule has 1 amide bonds. The van der Waals surface area contributed by atoms with Gasteiger partial charge < -0.3 is 39.5 Å². The lowest BCUT2D eigenvalue weighted by Crippen LogP contribution is -2.63. The van der Waals surface area contributed by atoms with Crippen molar-refractivity contribution in [3.05, 3.63) is 11.6 Å². The summed E-state index contributed by atoms with van der Waals surface area (Å²) in [5.74, 6) is -0.847. The number of amides is 1. The Morgan fingerprint density at radius 2 is 1.90 bits per heavy atom. The molecule has 3 aliphatic heterocycles. The summed E-state index contributed by atoms with van der Waals surface area (Å²) < 4.78 is 17.6. The first-order valence-corrected chi connectivity index (χ1v) is 18.5. The van der Waals surface area contributed by atoms with E-state index in [2.05, 4.69) is 12.2 Å². The second-order valence-electron chi connectivity index (χ2n) is 17.1. The SMILES string of the molecule is COCCCOC1CCC2(C)C(C1)C(=O)C=C1C2CCC2(C)C(C(C)(O)C(O)C3OC4C(O)NC(C(=O)N5CC5)CC4C3C)CCC12O. The van der Waals surface area contributed by atoms with Gasteiger partial charge in [-0.15, -0.1) is 0 Å². The molecule has 15 atom stereocenters. The average molecular weight is 675 g/mol. The number of ether oxygens (including phenoxy) is 3. The van der Waals surface area contributed by atoms with Crippen molar-refractivity contribution in [3.8, 4) is 0 Å². The van der Waals surface area contributed by atoms with E-state index in [1.807, 2.05) is 13.8 Å². The molecule has 4 aliphatic carbocycles. The molecule has 3 saturated carbocycles. The summed E-state index contributed by atoms with van der Waals surface area (Å²) in [6.07, 6.45) is 4.25. The maximum atomic E-state index is 13.9. The number of rotatable bonds is 9. The molecule has 3 heterocycles. The first-order valence-electron chi connectivity index (χ1n) is 18.5. The lowest BCUT2D eigenvalue weighted by molar-refractivity contribution is -0.201. The summed E-state index contributed by atoms with van der Waals surface area (Å²) in [5.41, 5.74) is -3.10. The van der Waals surface area contributed by atoms with Crippen LogP contribution in [-0.4, -0.2) is 118 Å². The molecule has 15 unspecified atom stereocenters. The zero-order valence-corrected chi connectivity index (χ0v) is 29.4. The Morgan fingerprint density at radius 1 is 1.15 bits per heavy atom. The van der Waals surface area contributed by atoms with Crippen LogP contribution in [0.1, 0.15) is 85.5 Å². The van der Waals surface area contributed by atoms with Crippen LogP contribution in [0, 0.1) is 40.4 Å². The van der Waals surface area contributed by atoms with Gasteiger partial charge in [0.2, 0.25) is 5.91 Å². The maximum Gasteiger partial charge on any atom is 0.239 e. The fourth-order valence-electron chi connectivity index (χ4n) is 11.7. The number of fused-ring (bicyclic) bond motifs is 6. The first-order chi connectivity index (χ1) is 22.7. The predicted octanol–water partition coefficient (Wildman–Crippen LogP) is 1.94. The van der Waals surface area contributed by atoms with E-state index in [1.165, 1.54) is 0 Å². The molecule has 11 heteroatoms. The summed E-state index contributed by atoms with van der Waals surface area (Å²) in [7, 11) is 1.68. The second-order valence-corrected chi connectivity index (χ2v) is 17.1. The second kappa shape index (κ2) is 12.4. The Bertz CT molecular complexity index is 1300. The van der Waals surface area contributed by atoms with E-state index < -0.39 is 53.1 Å². The van der Waals surface area contributed by atoms with Crippen LogP contribution in [0.5, 0.6) is 0 Å². The fourth-order valence-corrected chi connectivity index (χ4v) is 11.7. The van der Waals surface area contributed by atoms with Crippen molar-refractivity contribution in [1.82, 2.24) is 10.2 Å². The molecule has 6 fully saturated rings. The van der Waals surface area contributed by atoms with Gasteiger partial charge in [0.1, 0.15) is 18.4 Å². The molecule has 3 saturated heterocycles. The molecule has 0 aromatic carbocycles. The van der Waals surface area contributed by atoms with E-state index in [1.54, 1.807) is 25.0 Å².